The first-order chi connectivity index (χ1) is 10.7. The van der Waals surface area contributed by atoms with Crippen LogP contribution in [0.1, 0.15) is 18.4 Å². The molecule has 0 atom stereocenters. The fraction of sp³-hybridized carbons (Fsp3) is 0.267. The van der Waals surface area contributed by atoms with Crippen molar-refractivity contribution in [2.45, 2.75) is 37.5 Å². The number of hydrogen-bond acceptors (Lipinski definition) is 6. The molecule has 0 N–H and O–H groups in total. The van der Waals surface area contributed by atoms with Crippen molar-refractivity contribution in [1.82, 2.24) is 29.7 Å². The van der Waals surface area contributed by atoms with Crippen LogP contribution in [-0.4, -0.2) is 29.7 Å². The summed E-state index contributed by atoms with van der Waals surface area (Å²) in [5.41, 5.74) is 1.82. The van der Waals surface area contributed by atoms with E-state index >= 15 is 0 Å². The summed E-state index contributed by atoms with van der Waals surface area (Å²) in [6.45, 7) is 6.82. The molecule has 0 amide bonds. The van der Waals surface area contributed by atoms with Crippen LogP contribution < -0.4 is 0 Å². The van der Waals surface area contributed by atoms with Crippen molar-refractivity contribution in [1.29, 1.82) is 0 Å². The second-order valence-corrected chi connectivity index (χ2v) is 5.78. The average molecular weight is 312 g/mol. The number of nitrogens with zero attached hydrogens (tertiary/aromatic N) is 6. The standard InChI is InChI=1S/C15H16N6S/c1-4-21-11(3)19-20-15(21)22-13-8-10(2)17-14(18-13)12-6-5-7-16-9-12/h5-9H,4H2,1-3H3. The zero-order valence-electron chi connectivity index (χ0n) is 12.7. The van der Waals surface area contributed by atoms with Crippen molar-refractivity contribution in [3.05, 3.63) is 42.1 Å². The van der Waals surface area contributed by atoms with Crippen LogP contribution in [0.2, 0.25) is 0 Å². The van der Waals surface area contributed by atoms with Gasteiger partial charge in [-0.05, 0) is 50.7 Å². The summed E-state index contributed by atoms with van der Waals surface area (Å²) in [6, 6.07) is 5.79. The van der Waals surface area contributed by atoms with Gasteiger partial charge in [-0.25, -0.2) is 9.97 Å². The number of aryl methyl sites for hydroxylation is 2. The van der Waals surface area contributed by atoms with Gasteiger partial charge < -0.3 is 4.57 Å². The Bertz CT molecular complexity index is 784. The van der Waals surface area contributed by atoms with E-state index in [1.54, 1.807) is 12.4 Å². The van der Waals surface area contributed by atoms with E-state index in [0.717, 1.165) is 33.8 Å². The van der Waals surface area contributed by atoms with E-state index in [4.69, 9.17) is 0 Å². The highest BCUT2D eigenvalue weighted by molar-refractivity contribution is 7.99. The lowest BCUT2D eigenvalue weighted by molar-refractivity contribution is 0.661. The molecule has 0 bridgehead atoms. The van der Waals surface area contributed by atoms with Gasteiger partial charge in [-0.15, -0.1) is 10.2 Å². The van der Waals surface area contributed by atoms with Gasteiger partial charge in [0.25, 0.3) is 0 Å². The number of hydrogen-bond donors (Lipinski definition) is 0. The van der Waals surface area contributed by atoms with Crippen LogP contribution >= 0.6 is 11.8 Å². The fourth-order valence-electron chi connectivity index (χ4n) is 2.11. The van der Waals surface area contributed by atoms with Crippen LogP contribution in [0.5, 0.6) is 0 Å². The molecule has 3 heterocycles. The maximum atomic E-state index is 4.61. The van der Waals surface area contributed by atoms with Gasteiger partial charge in [0, 0.05) is 30.2 Å². The molecule has 0 saturated heterocycles. The average Bonchev–Trinajstić information content (AvgIpc) is 2.87. The normalized spacial score (nSPS) is 10.9. The molecule has 0 radical (unpaired) electrons. The van der Waals surface area contributed by atoms with Crippen LogP contribution in [0.25, 0.3) is 11.4 Å². The molecule has 3 aromatic heterocycles. The Morgan fingerprint density at radius 3 is 2.77 bits per heavy atom. The van der Waals surface area contributed by atoms with E-state index in [0.29, 0.717) is 5.82 Å². The summed E-state index contributed by atoms with van der Waals surface area (Å²) >= 11 is 1.50. The third-order valence-corrected chi connectivity index (χ3v) is 4.07. The minimum absolute atomic E-state index is 0.676. The van der Waals surface area contributed by atoms with Crippen molar-refractivity contribution < 1.29 is 0 Å². The molecule has 22 heavy (non-hydrogen) atoms. The molecule has 112 valence electrons. The Balaban J connectivity index is 1.96. The number of rotatable bonds is 4. The van der Waals surface area contributed by atoms with Crippen LogP contribution in [0.4, 0.5) is 0 Å². The van der Waals surface area contributed by atoms with Gasteiger partial charge in [-0.1, -0.05) is 0 Å². The summed E-state index contributed by atoms with van der Waals surface area (Å²) < 4.78 is 2.06. The minimum atomic E-state index is 0.676. The SMILES string of the molecule is CCn1c(C)nnc1Sc1cc(C)nc(-c2cccnc2)n1. The molecule has 0 aliphatic rings. The molecule has 0 saturated carbocycles. The number of aromatic nitrogens is 6. The first kappa shape index (κ1) is 14.6. The van der Waals surface area contributed by atoms with Crippen LogP contribution in [-0.2, 0) is 6.54 Å². The molecule has 0 spiro atoms. The van der Waals surface area contributed by atoms with Crippen LogP contribution in [0.3, 0.4) is 0 Å². The lowest BCUT2D eigenvalue weighted by atomic mass is 10.2. The summed E-state index contributed by atoms with van der Waals surface area (Å²) in [5.74, 6) is 1.58. The van der Waals surface area contributed by atoms with E-state index in [9.17, 15) is 0 Å². The van der Waals surface area contributed by atoms with E-state index < -0.39 is 0 Å². The van der Waals surface area contributed by atoms with Gasteiger partial charge >= 0.3 is 0 Å². The summed E-state index contributed by atoms with van der Waals surface area (Å²) in [7, 11) is 0. The molecule has 3 aromatic rings. The zero-order valence-corrected chi connectivity index (χ0v) is 13.5. The molecule has 7 heteroatoms. The maximum absolute atomic E-state index is 4.61. The smallest absolute Gasteiger partial charge is 0.197 e. The Morgan fingerprint density at radius 1 is 1.18 bits per heavy atom. The molecule has 0 aromatic carbocycles. The Hall–Kier alpha value is -2.28. The van der Waals surface area contributed by atoms with Gasteiger partial charge in [0.1, 0.15) is 10.9 Å². The third-order valence-electron chi connectivity index (χ3n) is 3.16. The Morgan fingerprint density at radius 2 is 2.05 bits per heavy atom. The number of pyridine rings is 1. The summed E-state index contributed by atoms with van der Waals surface area (Å²) in [4.78, 5) is 13.2. The van der Waals surface area contributed by atoms with Gasteiger partial charge in [0.05, 0.1) is 0 Å². The van der Waals surface area contributed by atoms with E-state index in [2.05, 4.69) is 36.6 Å². The van der Waals surface area contributed by atoms with E-state index in [-0.39, 0.29) is 0 Å². The molecule has 0 unspecified atom stereocenters. The molecular weight excluding hydrogens is 296 g/mol. The lowest BCUT2D eigenvalue weighted by Crippen LogP contribution is -2.00. The van der Waals surface area contributed by atoms with Crippen molar-refractivity contribution in [2.24, 2.45) is 0 Å². The monoisotopic (exact) mass is 312 g/mol. The summed E-state index contributed by atoms with van der Waals surface area (Å²) in [6.07, 6.45) is 3.50. The topological polar surface area (TPSA) is 69.4 Å². The van der Waals surface area contributed by atoms with Gasteiger partial charge in [-0.3, -0.25) is 4.98 Å². The Labute approximate surface area is 133 Å². The van der Waals surface area contributed by atoms with E-state index in [1.807, 2.05) is 32.0 Å². The summed E-state index contributed by atoms with van der Waals surface area (Å²) in [5, 5.41) is 10.0. The van der Waals surface area contributed by atoms with Crippen molar-refractivity contribution in [2.75, 3.05) is 0 Å². The lowest BCUT2D eigenvalue weighted by Gasteiger charge is -2.07. The van der Waals surface area contributed by atoms with Gasteiger partial charge in [0.2, 0.25) is 0 Å². The highest BCUT2D eigenvalue weighted by Crippen LogP contribution is 2.27. The predicted octanol–water partition coefficient (Wildman–Crippen LogP) is 2.92. The molecule has 6 nitrogen and oxygen atoms in total. The van der Waals surface area contributed by atoms with Crippen LogP contribution in [0, 0.1) is 13.8 Å². The van der Waals surface area contributed by atoms with Gasteiger partial charge in [0.15, 0.2) is 11.0 Å². The third kappa shape index (κ3) is 2.99. The molecule has 0 aliphatic heterocycles. The highest BCUT2D eigenvalue weighted by atomic mass is 32.2. The highest BCUT2D eigenvalue weighted by Gasteiger charge is 2.12. The molecular formula is C15H16N6S. The second-order valence-electron chi connectivity index (χ2n) is 4.79. The largest absolute Gasteiger partial charge is 0.306 e. The minimum Gasteiger partial charge on any atom is -0.306 e. The molecule has 3 rings (SSSR count). The maximum Gasteiger partial charge on any atom is 0.197 e. The van der Waals surface area contributed by atoms with Crippen LogP contribution in [0.15, 0.2) is 40.8 Å². The first-order valence-electron chi connectivity index (χ1n) is 7.01. The van der Waals surface area contributed by atoms with Gasteiger partial charge in [-0.2, -0.15) is 0 Å². The predicted molar refractivity (Wildman–Crippen MR) is 84.6 cm³/mol. The fourth-order valence-corrected chi connectivity index (χ4v) is 3.11. The zero-order chi connectivity index (χ0) is 15.5. The molecule has 0 fully saturated rings. The second kappa shape index (κ2) is 6.23. The van der Waals surface area contributed by atoms with Crippen molar-refractivity contribution in [3.8, 4) is 11.4 Å². The first-order valence-corrected chi connectivity index (χ1v) is 7.82. The quantitative estimate of drug-likeness (QED) is 0.690. The Kier molecular flexibility index (Phi) is 4.15. The van der Waals surface area contributed by atoms with Crippen molar-refractivity contribution >= 4 is 11.8 Å². The van der Waals surface area contributed by atoms with Crippen molar-refractivity contribution in [3.63, 3.8) is 0 Å². The molecule has 0 aliphatic carbocycles. The van der Waals surface area contributed by atoms with E-state index in [1.165, 1.54) is 11.8 Å².